The highest BCUT2D eigenvalue weighted by Crippen LogP contribution is 2.27. The highest BCUT2D eigenvalue weighted by Gasteiger charge is 2.09. The van der Waals surface area contributed by atoms with Crippen LogP contribution in [0.15, 0.2) is 52.4 Å². The van der Waals surface area contributed by atoms with Crippen LogP contribution in [0.2, 0.25) is 0 Å². The van der Waals surface area contributed by atoms with Crippen LogP contribution in [0.3, 0.4) is 0 Å². The normalized spacial score (nSPS) is 11.1. The minimum atomic E-state index is -0.0927. The first-order valence-corrected chi connectivity index (χ1v) is 9.27. The molecule has 3 rings (SSSR count). The SMILES string of the molecule is CCCOc1ccc(/C=N\Nc2nc3ccccc3c(=O)n2CC)cc1OC. The van der Waals surface area contributed by atoms with E-state index in [0.29, 0.717) is 41.5 Å². The Bertz CT molecular complexity index is 1040. The van der Waals surface area contributed by atoms with Gasteiger partial charge in [0.25, 0.3) is 5.56 Å². The van der Waals surface area contributed by atoms with Gasteiger partial charge in [-0.15, -0.1) is 0 Å². The monoisotopic (exact) mass is 380 g/mol. The van der Waals surface area contributed by atoms with Crippen LogP contribution in [-0.4, -0.2) is 29.5 Å². The molecule has 0 spiro atoms. The number of rotatable bonds is 8. The van der Waals surface area contributed by atoms with Gasteiger partial charge in [-0.3, -0.25) is 9.36 Å². The predicted octanol–water partition coefficient (Wildman–Crippen LogP) is 3.66. The molecule has 7 heteroatoms. The molecule has 0 unspecified atom stereocenters. The zero-order valence-electron chi connectivity index (χ0n) is 16.3. The predicted molar refractivity (Wildman–Crippen MR) is 112 cm³/mol. The van der Waals surface area contributed by atoms with Crippen LogP contribution in [-0.2, 0) is 6.54 Å². The van der Waals surface area contributed by atoms with Crippen molar-refractivity contribution in [2.45, 2.75) is 26.8 Å². The van der Waals surface area contributed by atoms with Gasteiger partial charge in [-0.25, -0.2) is 10.4 Å². The standard InChI is InChI=1S/C21H24N4O3/c1-4-12-28-18-11-10-15(13-19(18)27-3)14-22-24-21-23-17-9-7-6-8-16(17)20(26)25(21)5-2/h6-11,13-14H,4-5,12H2,1-3H3,(H,23,24)/b22-14-. The summed E-state index contributed by atoms with van der Waals surface area (Å²) in [6.45, 7) is 5.07. The van der Waals surface area contributed by atoms with Gasteiger partial charge in [0.15, 0.2) is 11.5 Å². The second-order valence-electron chi connectivity index (χ2n) is 6.13. The summed E-state index contributed by atoms with van der Waals surface area (Å²) < 4.78 is 12.6. The Labute approximate surface area is 163 Å². The summed E-state index contributed by atoms with van der Waals surface area (Å²) in [6, 6.07) is 12.9. The zero-order chi connectivity index (χ0) is 19.9. The molecule has 0 saturated carbocycles. The molecular weight excluding hydrogens is 356 g/mol. The third kappa shape index (κ3) is 4.14. The summed E-state index contributed by atoms with van der Waals surface area (Å²) >= 11 is 0. The average Bonchev–Trinajstić information content (AvgIpc) is 2.73. The number of anilines is 1. The summed E-state index contributed by atoms with van der Waals surface area (Å²) in [4.78, 5) is 17.1. The molecule has 0 aliphatic carbocycles. The molecule has 0 aliphatic rings. The van der Waals surface area contributed by atoms with Gasteiger partial charge < -0.3 is 9.47 Å². The number of methoxy groups -OCH3 is 1. The Morgan fingerprint density at radius 2 is 2.00 bits per heavy atom. The Kier molecular flexibility index (Phi) is 6.26. The van der Waals surface area contributed by atoms with Crippen molar-refractivity contribution in [2.24, 2.45) is 5.10 Å². The number of fused-ring (bicyclic) bond motifs is 1. The number of para-hydroxylation sites is 1. The molecule has 0 amide bonds. The van der Waals surface area contributed by atoms with E-state index >= 15 is 0 Å². The van der Waals surface area contributed by atoms with Crippen molar-refractivity contribution in [1.82, 2.24) is 9.55 Å². The second kappa shape index (κ2) is 9.03. The molecule has 0 aliphatic heterocycles. The molecule has 3 aromatic rings. The van der Waals surface area contributed by atoms with Crippen LogP contribution in [0.5, 0.6) is 11.5 Å². The highest BCUT2D eigenvalue weighted by molar-refractivity contribution is 5.82. The maximum atomic E-state index is 12.6. The summed E-state index contributed by atoms with van der Waals surface area (Å²) in [5.74, 6) is 1.74. The Morgan fingerprint density at radius 3 is 2.75 bits per heavy atom. The van der Waals surface area contributed by atoms with Crippen molar-refractivity contribution >= 4 is 23.1 Å². The lowest BCUT2D eigenvalue weighted by molar-refractivity contribution is 0.294. The van der Waals surface area contributed by atoms with Gasteiger partial charge in [0, 0.05) is 6.54 Å². The largest absolute Gasteiger partial charge is 0.493 e. The first-order valence-electron chi connectivity index (χ1n) is 9.27. The third-order valence-corrected chi connectivity index (χ3v) is 4.21. The molecule has 0 radical (unpaired) electrons. The fraction of sp³-hybridized carbons (Fsp3) is 0.286. The lowest BCUT2D eigenvalue weighted by Gasteiger charge is -2.11. The fourth-order valence-electron chi connectivity index (χ4n) is 2.81. The molecule has 0 saturated heterocycles. The lowest BCUT2D eigenvalue weighted by Crippen LogP contribution is -2.23. The number of nitrogens with zero attached hydrogens (tertiary/aromatic N) is 3. The minimum Gasteiger partial charge on any atom is -0.493 e. The van der Waals surface area contributed by atoms with Gasteiger partial charge in [0.2, 0.25) is 5.95 Å². The van der Waals surface area contributed by atoms with E-state index in [-0.39, 0.29) is 5.56 Å². The lowest BCUT2D eigenvalue weighted by atomic mass is 10.2. The van der Waals surface area contributed by atoms with Gasteiger partial charge in [-0.2, -0.15) is 5.10 Å². The average molecular weight is 380 g/mol. The molecule has 1 aromatic heterocycles. The Morgan fingerprint density at radius 1 is 1.18 bits per heavy atom. The van der Waals surface area contributed by atoms with Crippen LogP contribution in [0.4, 0.5) is 5.95 Å². The quantitative estimate of drug-likeness (QED) is 0.477. The Balaban J connectivity index is 1.84. The van der Waals surface area contributed by atoms with Crippen LogP contribution >= 0.6 is 0 Å². The fourth-order valence-corrected chi connectivity index (χ4v) is 2.81. The summed E-state index contributed by atoms with van der Waals surface area (Å²) in [7, 11) is 1.60. The first-order chi connectivity index (χ1) is 13.7. The van der Waals surface area contributed by atoms with Crippen molar-refractivity contribution < 1.29 is 9.47 Å². The van der Waals surface area contributed by atoms with Crippen molar-refractivity contribution in [1.29, 1.82) is 0 Å². The van der Waals surface area contributed by atoms with Crippen LogP contribution in [0.1, 0.15) is 25.8 Å². The molecule has 0 atom stereocenters. The molecule has 1 N–H and O–H groups in total. The van der Waals surface area contributed by atoms with Crippen molar-refractivity contribution in [3.05, 3.63) is 58.4 Å². The van der Waals surface area contributed by atoms with Crippen molar-refractivity contribution in [2.75, 3.05) is 19.1 Å². The number of aromatic nitrogens is 2. The van der Waals surface area contributed by atoms with Crippen LogP contribution in [0, 0.1) is 0 Å². The van der Waals surface area contributed by atoms with Crippen molar-refractivity contribution in [3.63, 3.8) is 0 Å². The number of nitrogens with one attached hydrogen (secondary N) is 1. The third-order valence-electron chi connectivity index (χ3n) is 4.21. The summed E-state index contributed by atoms with van der Waals surface area (Å²) in [5, 5.41) is 4.83. The maximum Gasteiger partial charge on any atom is 0.262 e. The molecule has 0 fully saturated rings. The van der Waals surface area contributed by atoms with E-state index in [1.165, 1.54) is 0 Å². The molecule has 146 valence electrons. The van der Waals surface area contributed by atoms with E-state index in [0.717, 1.165) is 12.0 Å². The number of hydrogen-bond acceptors (Lipinski definition) is 6. The molecular formula is C21H24N4O3. The van der Waals surface area contributed by atoms with Gasteiger partial charge in [-0.1, -0.05) is 19.1 Å². The van der Waals surface area contributed by atoms with Gasteiger partial charge >= 0.3 is 0 Å². The summed E-state index contributed by atoms with van der Waals surface area (Å²) in [5.41, 5.74) is 4.25. The van der Waals surface area contributed by atoms with Crippen LogP contribution in [0.25, 0.3) is 10.9 Å². The van der Waals surface area contributed by atoms with Crippen molar-refractivity contribution in [3.8, 4) is 11.5 Å². The first kappa shape index (κ1) is 19.4. The topological polar surface area (TPSA) is 77.7 Å². The van der Waals surface area contributed by atoms with E-state index in [1.807, 2.05) is 43.3 Å². The highest BCUT2D eigenvalue weighted by atomic mass is 16.5. The summed E-state index contributed by atoms with van der Waals surface area (Å²) in [6.07, 6.45) is 2.57. The molecule has 0 bridgehead atoms. The van der Waals surface area contributed by atoms with E-state index in [9.17, 15) is 4.79 Å². The van der Waals surface area contributed by atoms with Crippen LogP contribution < -0.4 is 20.5 Å². The Hall–Kier alpha value is -3.35. The smallest absolute Gasteiger partial charge is 0.262 e. The second-order valence-corrected chi connectivity index (χ2v) is 6.13. The van der Waals surface area contributed by atoms with Gasteiger partial charge in [-0.05, 0) is 49.2 Å². The number of hydrazone groups is 1. The molecule has 7 nitrogen and oxygen atoms in total. The minimum absolute atomic E-state index is 0.0927. The molecule has 28 heavy (non-hydrogen) atoms. The van der Waals surface area contributed by atoms with E-state index < -0.39 is 0 Å². The van der Waals surface area contributed by atoms with Gasteiger partial charge in [0.05, 0.1) is 30.8 Å². The number of hydrogen-bond donors (Lipinski definition) is 1. The number of ether oxygens (including phenoxy) is 2. The van der Waals surface area contributed by atoms with E-state index in [4.69, 9.17) is 9.47 Å². The van der Waals surface area contributed by atoms with E-state index in [1.54, 1.807) is 24.0 Å². The maximum absolute atomic E-state index is 12.6. The molecule has 2 aromatic carbocycles. The van der Waals surface area contributed by atoms with Gasteiger partial charge in [0.1, 0.15) is 0 Å². The zero-order valence-corrected chi connectivity index (χ0v) is 16.3. The van der Waals surface area contributed by atoms with E-state index in [2.05, 4.69) is 22.4 Å². The molecule has 1 heterocycles. The number of benzene rings is 2.